The van der Waals surface area contributed by atoms with E-state index in [9.17, 15) is 0 Å². The van der Waals surface area contributed by atoms with Crippen molar-refractivity contribution in [3.05, 3.63) is 24.0 Å². The van der Waals surface area contributed by atoms with Crippen LogP contribution in [0.2, 0.25) is 0 Å². The van der Waals surface area contributed by atoms with Crippen LogP contribution in [0.15, 0.2) is 18.3 Å². The van der Waals surface area contributed by atoms with E-state index in [1.165, 1.54) is 5.69 Å². The van der Waals surface area contributed by atoms with Gasteiger partial charge in [0.1, 0.15) is 0 Å². The van der Waals surface area contributed by atoms with E-state index in [-0.39, 0.29) is 0 Å². The molecule has 1 atom stereocenters. The van der Waals surface area contributed by atoms with Gasteiger partial charge in [0, 0.05) is 31.1 Å². The molecule has 1 heterocycles. The average molecular weight is 238 g/mol. The van der Waals surface area contributed by atoms with E-state index in [2.05, 4.69) is 55.9 Å². The van der Waals surface area contributed by atoms with E-state index >= 15 is 0 Å². The highest BCUT2D eigenvalue weighted by Crippen LogP contribution is 2.13. The predicted molar refractivity (Wildman–Crippen MR) is 72.2 cm³/mol. The lowest BCUT2D eigenvalue weighted by Crippen LogP contribution is -2.21. The van der Waals surface area contributed by atoms with Gasteiger partial charge in [0.2, 0.25) is 0 Å². The van der Waals surface area contributed by atoms with E-state index < -0.39 is 0 Å². The SMILES string of the molecule is CCNC(C)c1cccn1CCOCC(C)C. The molecule has 0 aromatic carbocycles. The highest BCUT2D eigenvalue weighted by molar-refractivity contribution is 5.11. The number of nitrogens with one attached hydrogen (secondary N) is 1. The fourth-order valence-corrected chi connectivity index (χ4v) is 1.92. The van der Waals surface area contributed by atoms with Crippen molar-refractivity contribution in [1.29, 1.82) is 0 Å². The van der Waals surface area contributed by atoms with Gasteiger partial charge in [-0.25, -0.2) is 0 Å². The summed E-state index contributed by atoms with van der Waals surface area (Å²) in [5.41, 5.74) is 1.33. The zero-order valence-corrected chi connectivity index (χ0v) is 11.6. The second kappa shape index (κ2) is 7.51. The van der Waals surface area contributed by atoms with Crippen LogP contribution in [-0.2, 0) is 11.3 Å². The third kappa shape index (κ3) is 4.92. The van der Waals surface area contributed by atoms with Gasteiger partial charge in [-0.05, 0) is 31.5 Å². The maximum Gasteiger partial charge on any atom is 0.0645 e. The third-order valence-electron chi connectivity index (χ3n) is 2.75. The Morgan fingerprint density at radius 2 is 2.12 bits per heavy atom. The summed E-state index contributed by atoms with van der Waals surface area (Å²) in [6.07, 6.45) is 2.13. The van der Waals surface area contributed by atoms with E-state index in [0.29, 0.717) is 12.0 Å². The molecule has 0 spiro atoms. The summed E-state index contributed by atoms with van der Waals surface area (Å²) >= 11 is 0. The zero-order chi connectivity index (χ0) is 12.7. The lowest BCUT2D eigenvalue weighted by Gasteiger charge is -2.16. The van der Waals surface area contributed by atoms with Crippen LogP contribution < -0.4 is 5.32 Å². The standard InChI is InChI=1S/C14H26N2O/c1-5-15-13(4)14-7-6-8-16(14)9-10-17-11-12(2)3/h6-8,12-13,15H,5,9-11H2,1-4H3. The molecule has 0 fully saturated rings. The van der Waals surface area contributed by atoms with E-state index in [1.54, 1.807) is 0 Å². The summed E-state index contributed by atoms with van der Waals surface area (Å²) in [5, 5.41) is 3.44. The van der Waals surface area contributed by atoms with Crippen LogP contribution in [0.3, 0.4) is 0 Å². The number of hydrogen-bond donors (Lipinski definition) is 1. The van der Waals surface area contributed by atoms with Gasteiger partial charge < -0.3 is 14.6 Å². The molecule has 1 aromatic rings. The molecule has 3 heteroatoms. The van der Waals surface area contributed by atoms with Crippen LogP contribution >= 0.6 is 0 Å². The molecule has 1 aromatic heterocycles. The minimum Gasteiger partial charge on any atom is -0.379 e. The topological polar surface area (TPSA) is 26.2 Å². The Kier molecular flexibility index (Phi) is 6.30. The first-order valence-electron chi connectivity index (χ1n) is 6.61. The maximum absolute atomic E-state index is 5.62. The van der Waals surface area contributed by atoms with Crippen molar-refractivity contribution in [3.63, 3.8) is 0 Å². The molecule has 1 N–H and O–H groups in total. The largest absolute Gasteiger partial charge is 0.379 e. The monoisotopic (exact) mass is 238 g/mol. The smallest absolute Gasteiger partial charge is 0.0645 e. The minimum absolute atomic E-state index is 0.403. The predicted octanol–water partition coefficient (Wildman–Crippen LogP) is 2.83. The van der Waals surface area contributed by atoms with E-state index in [0.717, 1.165) is 26.3 Å². The Bertz CT molecular complexity index is 307. The Balaban J connectivity index is 2.40. The molecule has 1 rings (SSSR count). The number of hydrogen-bond acceptors (Lipinski definition) is 2. The first-order chi connectivity index (χ1) is 8.15. The van der Waals surface area contributed by atoms with Gasteiger partial charge in [0.15, 0.2) is 0 Å². The van der Waals surface area contributed by atoms with E-state index in [4.69, 9.17) is 4.74 Å². The van der Waals surface area contributed by atoms with Crippen molar-refractivity contribution in [2.24, 2.45) is 5.92 Å². The van der Waals surface area contributed by atoms with Crippen molar-refractivity contribution >= 4 is 0 Å². The Hall–Kier alpha value is -0.800. The summed E-state index contributed by atoms with van der Waals surface area (Å²) in [6, 6.07) is 4.68. The summed E-state index contributed by atoms with van der Waals surface area (Å²) in [5.74, 6) is 0.611. The lowest BCUT2D eigenvalue weighted by atomic mass is 10.2. The van der Waals surface area contributed by atoms with Crippen molar-refractivity contribution in [3.8, 4) is 0 Å². The van der Waals surface area contributed by atoms with Gasteiger partial charge in [-0.2, -0.15) is 0 Å². The number of rotatable bonds is 8. The second-order valence-electron chi connectivity index (χ2n) is 4.87. The van der Waals surface area contributed by atoms with Gasteiger partial charge >= 0.3 is 0 Å². The van der Waals surface area contributed by atoms with Crippen LogP contribution in [-0.4, -0.2) is 24.3 Å². The van der Waals surface area contributed by atoms with Gasteiger partial charge in [0.25, 0.3) is 0 Å². The number of ether oxygens (including phenoxy) is 1. The molecule has 0 radical (unpaired) electrons. The molecule has 0 saturated carbocycles. The summed E-state index contributed by atoms with van der Waals surface area (Å²) in [4.78, 5) is 0. The minimum atomic E-state index is 0.403. The van der Waals surface area contributed by atoms with Crippen LogP contribution in [0.25, 0.3) is 0 Å². The van der Waals surface area contributed by atoms with Gasteiger partial charge in [-0.15, -0.1) is 0 Å². The van der Waals surface area contributed by atoms with Gasteiger partial charge in [0.05, 0.1) is 6.61 Å². The highest BCUT2D eigenvalue weighted by atomic mass is 16.5. The summed E-state index contributed by atoms with van der Waals surface area (Å²) in [7, 11) is 0. The molecule has 98 valence electrons. The van der Waals surface area contributed by atoms with Crippen LogP contribution in [0.1, 0.15) is 39.4 Å². The van der Waals surface area contributed by atoms with Gasteiger partial charge in [-0.3, -0.25) is 0 Å². The molecule has 0 amide bonds. The van der Waals surface area contributed by atoms with Crippen molar-refractivity contribution in [2.45, 2.75) is 40.3 Å². The van der Waals surface area contributed by atoms with Crippen LogP contribution in [0, 0.1) is 5.92 Å². The number of nitrogens with zero attached hydrogens (tertiary/aromatic N) is 1. The molecule has 1 unspecified atom stereocenters. The van der Waals surface area contributed by atoms with Crippen molar-refractivity contribution < 1.29 is 4.74 Å². The molecule has 0 saturated heterocycles. The highest BCUT2D eigenvalue weighted by Gasteiger charge is 2.08. The molecule has 0 aliphatic carbocycles. The third-order valence-corrected chi connectivity index (χ3v) is 2.75. The maximum atomic E-state index is 5.62. The molecular weight excluding hydrogens is 212 g/mol. The molecule has 0 aliphatic rings. The van der Waals surface area contributed by atoms with Crippen LogP contribution in [0.5, 0.6) is 0 Å². The molecule has 0 bridgehead atoms. The first kappa shape index (κ1) is 14.3. The Morgan fingerprint density at radius 3 is 2.76 bits per heavy atom. The quantitative estimate of drug-likeness (QED) is 0.705. The fraction of sp³-hybridized carbons (Fsp3) is 0.714. The molecule has 3 nitrogen and oxygen atoms in total. The Morgan fingerprint density at radius 1 is 1.35 bits per heavy atom. The second-order valence-corrected chi connectivity index (χ2v) is 4.87. The summed E-state index contributed by atoms with van der Waals surface area (Å²) in [6.45, 7) is 12.3. The first-order valence-corrected chi connectivity index (χ1v) is 6.61. The summed E-state index contributed by atoms with van der Waals surface area (Å²) < 4.78 is 7.89. The van der Waals surface area contributed by atoms with Crippen molar-refractivity contribution in [2.75, 3.05) is 19.8 Å². The van der Waals surface area contributed by atoms with Crippen LogP contribution in [0.4, 0.5) is 0 Å². The fourth-order valence-electron chi connectivity index (χ4n) is 1.92. The lowest BCUT2D eigenvalue weighted by molar-refractivity contribution is 0.102. The zero-order valence-electron chi connectivity index (χ0n) is 11.6. The molecule has 0 aliphatic heterocycles. The van der Waals surface area contributed by atoms with Gasteiger partial charge in [-0.1, -0.05) is 20.8 Å². The normalized spacial score (nSPS) is 13.2. The average Bonchev–Trinajstić information content (AvgIpc) is 2.72. The van der Waals surface area contributed by atoms with E-state index in [1.807, 2.05) is 0 Å². The van der Waals surface area contributed by atoms with Crippen molar-refractivity contribution in [1.82, 2.24) is 9.88 Å². The molecule has 17 heavy (non-hydrogen) atoms. The number of aromatic nitrogens is 1. The Labute approximate surface area is 105 Å². The molecular formula is C14H26N2O.